The number of nitrogens with one attached hydrogen (secondary N) is 2. The summed E-state index contributed by atoms with van der Waals surface area (Å²) in [4.78, 5) is 46.9. The molecule has 178 valence electrons. The minimum Gasteiger partial charge on any atom is -0.321 e. The first kappa shape index (κ1) is 25.3. The number of benzene rings is 3. The van der Waals surface area contributed by atoms with Crippen molar-refractivity contribution in [2.45, 2.75) is 6.92 Å². The van der Waals surface area contributed by atoms with Crippen molar-refractivity contribution in [2.75, 3.05) is 5.32 Å². The molecule has 0 heterocycles. The lowest BCUT2D eigenvalue weighted by Crippen LogP contribution is -2.31. The number of nitro benzene ring substituents is 2. The van der Waals surface area contributed by atoms with Gasteiger partial charge < -0.3 is 10.6 Å². The fourth-order valence-corrected chi connectivity index (χ4v) is 3.30. The Labute approximate surface area is 208 Å². The van der Waals surface area contributed by atoms with Crippen molar-refractivity contribution >= 4 is 58.2 Å². The van der Waals surface area contributed by atoms with Gasteiger partial charge in [-0.15, -0.1) is 0 Å². The van der Waals surface area contributed by atoms with Crippen LogP contribution >= 0.6 is 23.2 Å². The standard InChI is InChI=1S/C23H16Cl2N4O6/c1-13-5-6-15(11-20(13)25)26-23(31)21(10-14-3-2-4-16(9-14)28(32)33)27-22(30)18-12-17(29(34)35)7-8-19(18)24/h2-12H,1H3,(H,26,31)(H,27,30). The molecule has 3 aromatic rings. The van der Waals surface area contributed by atoms with Crippen LogP contribution in [0.2, 0.25) is 10.0 Å². The molecule has 2 N–H and O–H groups in total. The molecule has 0 saturated carbocycles. The molecule has 0 saturated heterocycles. The van der Waals surface area contributed by atoms with E-state index in [-0.39, 0.29) is 33.2 Å². The predicted octanol–water partition coefficient (Wildman–Crippen LogP) is 5.53. The minimum atomic E-state index is -0.896. The molecule has 0 spiro atoms. The molecule has 0 aliphatic rings. The van der Waals surface area contributed by atoms with E-state index in [2.05, 4.69) is 10.6 Å². The van der Waals surface area contributed by atoms with E-state index in [1.165, 1.54) is 42.5 Å². The van der Waals surface area contributed by atoms with Crippen molar-refractivity contribution < 1.29 is 19.4 Å². The summed E-state index contributed by atoms with van der Waals surface area (Å²) in [6.07, 6.45) is 1.22. The molecule has 10 nitrogen and oxygen atoms in total. The molecule has 0 aromatic heterocycles. The van der Waals surface area contributed by atoms with Gasteiger partial charge in [0.15, 0.2) is 0 Å². The highest BCUT2D eigenvalue weighted by Crippen LogP contribution is 2.24. The maximum absolute atomic E-state index is 13.0. The highest BCUT2D eigenvalue weighted by atomic mass is 35.5. The Bertz CT molecular complexity index is 1390. The second-order valence-corrected chi connectivity index (χ2v) is 8.02. The Balaban J connectivity index is 2.00. The molecule has 12 heteroatoms. The van der Waals surface area contributed by atoms with E-state index in [1.54, 1.807) is 19.1 Å². The highest BCUT2D eigenvalue weighted by molar-refractivity contribution is 6.34. The van der Waals surface area contributed by atoms with Gasteiger partial charge >= 0.3 is 0 Å². The molecule has 0 aliphatic carbocycles. The molecule has 0 bridgehead atoms. The number of aryl methyl sites for hydroxylation is 1. The third kappa shape index (κ3) is 6.40. The summed E-state index contributed by atoms with van der Waals surface area (Å²) >= 11 is 12.2. The summed E-state index contributed by atoms with van der Waals surface area (Å²) in [6, 6.07) is 13.5. The lowest BCUT2D eigenvalue weighted by atomic mass is 10.1. The molecule has 0 fully saturated rings. The molecule has 3 aromatic carbocycles. The lowest BCUT2D eigenvalue weighted by molar-refractivity contribution is -0.385. The van der Waals surface area contributed by atoms with E-state index in [0.29, 0.717) is 10.7 Å². The first-order chi connectivity index (χ1) is 16.5. The summed E-state index contributed by atoms with van der Waals surface area (Å²) in [6.45, 7) is 1.78. The van der Waals surface area contributed by atoms with Gasteiger partial charge in [0.1, 0.15) is 5.70 Å². The molecule has 0 atom stereocenters. The number of non-ortho nitro benzene ring substituents is 2. The number of rotatable bonds is 7. The molecule has 0 radical (unpaired) electrons. The van der Waals surface area contributed by atoms with Gasteiger partial charge in [-0.3, -0.25) is 29.8 Å². The van der Waals surface area contributed by atoms with E-state index >= 15 is 0 Å². The van der Waals surface area contributed by atoms with Gasteiger partial charge in [0.2, 0.25) is 0 Å². The Morgan fingerprint density at radius 2 is 1.57 bits per heavy atom. The first-order valence-corrected chi connectivity index (χ1v) is 10.6. The predicted molar refractivity (Wildman–Crippen MR) is 131 cm³/mol. The quantitative estimate of drug-likeness (QED) is 0.241. The third-order valence-corrected chi connectivity index (χ3v) is 5.46. The average Bonchev–Trinajstić information content (AvgIpc) is 2.81. The number of nitrogens with zero attached hydrogens (tertiary/aromatic N) is 2. The van der Waals surface area contributed by atoms with Crippen LogP contribution < -0.4 is 10.6 Å². The number of hydrogen-bond acceptors (Lipinski definition) is 6. The second kappa shape index (κ2) is 10.8. The van der Waals surface area contributed by atoms with E-state index in [0.717, 1.165) is 17.7 Å². The van der Waals surface area contributed by atoms with Crippen LogP contribution in [-0.2, 0) is 4.79 Å². The monoisotopic (exact) mass is 514 g/mol. The van der Waals surface area contributed by atoms with Gasteiger partial charge in [0.25, 0.3) is 23.2 Å². The van der Waals surface area contributed by atoms with Crippen molar-refractivity contribution in [3.8, 4) is 0 Å². The number of nitro groups is 2. The average molecular weight is 515 g/mol. The summed E-state index contributed by atoms with van der Waals surface area (Å²) in [5.41, 5.74) is 0.228. The highest BCUT2D eigenvalue weighted by Gasteiger charge is 2.20. The second-order valence-electron chi connectivity index (χ2n) is 7.20. The molecular formula is C23H16Cl2N4O6. The zero-order chi connectivity index (χ0) is 25.7. The van der Waals surface area contributed by atoms with Crippen LogP contribution in [-0.4, -0.2) is 21.7 Å². The molecule has 0 aliphatic heterocycles. The Morgan fingerprint density at radius 3 is 2.23 bits per heavy atom. The Hall–Kier alpha value is -4.28. The van der Waals surface area contributed by atoms with Crippen LogP contribution in [0.5, 0.6) is 0 Å². The topological polar surface area (TPSA) is 144 Å². The van der Waals surface area contributed by atoms with Gasteiger partial charge in [0, 0.05) is 35.0 Å². The fraction of sp³-hybridized carbons (Fsp3) is 0.0435. The van der Waals surface area contributed by atoms with Gasteiger partial charge in [-0.2, -0.15) is 0 Å². The van der Waals surface area contributed by atoms with Crippen LogP contribution in [0, 0.1) is 27.2 Å². The van der Waals surface area contributed by atoms with Crippen molar-refractivity contribution in [2.24, 2.45) is 0 Å². The van der Waals surface area contributed by atoms with Crippen molar-refractivity contribution in [1.82, 2.24) is 5.32 Å². The van der Waals surface area contributed by atoms with Crippen LogP contribution in [0.25, 0.3) is 6.08 Å². The Kier molecular flexibility index (Phi) is 7.80. The van der Waals surface area contributed by atoms with E-state index < -0.39 is 21.7 Å². The smallest absolute Gasteiger partial charge is 0.272 e. The molecule has 3 rings (SSSR count). The normalized spacial score (nSPS) is 11.0. The SMILES string of the molecule is Cc1ccc(NC(=O)C(=Cc2cccc([N+](=O)[O-])c2)NC(=O)c2cc([N+](=O)[O-])ccc2Cl)cc1Cl. The van der Waals surface area contributed by atoms with Gasteiger partial charge in [0.05, 0.1) is 20.4 Å². The Morgan fingerprint density at radius 1 is 0.886 bits per heavy atom. The van der Waals surface area contributed by atoms with Gasteiger partial charge in [-0.1, -0.05) is 41.4 Å². The van der Waals surface area contributed by atoms with Gasteiger partial charge in [-0.25, -0.2) is 0 Å². The fourth-order valence-electron chi connectivity index (χ4n) is 2.91. The minimum absolute atomic E-state index is 0.0754. The van der Waals surface area contributed by atoms with Crippen LogP contribution in [0.1, 0.15) is 21.5 Å². The van der Waals surface area contributed by atoms with Crippen LogP contribution in [0.15, 0.2) is 66.4 Å². The summed E-state index contributed by atoms with van der Waals surface area (Å²) in [5, 5.41) is 27.5. The molecule has 2 amide bonds. The molecule has 0 unspecified atom stereocenters. The van der Waals surface area contributed by atoms with Crippen molar-refractivity contribution in [3.05, 3.63) is 113 Å². The third-order valence-electron chi connectivity index (χ3n) is 4.72. The number of hydrogen-bond donors (Lipinski definition) is 2. The van der Waals surface area contributed by atoms with Crippen molar-refractivity contribution in [3.63, 3.8) is 0 Å². The molecular weight excluding hydrogens is 499 g/mol. The zero-order valence-electron chi connectivity index (χ0n) is 18.0. The number of carbonyl (C=O) groups excluding carboxylic acids is 2. The van der Waals surface area contributed by atoms with Gasteiger partial charge in [-0.05, 0) is 42.3 Å². The van der Waals surface area contributed by atoms with Crippen LogP contribution in [0.4, 0.5) is 17.1 Å². The largest absolute Gasteiger partial charge is 0.321 e. The van der Waals surface area contributed by atoms with E-state index in [4.69, 9.17) is 23.2 Å². The zero-order valence-corrected chi connectivity index (χ0v) is 19.5. The number of carbonyl (C=O) groups is 2. The number of halogens is 2. The number of anilines is 1. The van der Waals surface area contributed by atoms with Crippen LogP contribution in [0.3, 0.4) is 0 Å². The lowest BCUT2D eigenvalue weighted by Gasteiger charge is -2.12. The van der Waals surface area contributed by atoms with Crippen molar-refractivity contribution in [1.29, 1.82) is 0 Å². The maximum Gasteiger partial charge on any atom is 0.272 e. The molecule has 35 heavy (non-hydrogen) atoms. The van der Waals surface area contributed by atoms with E-state index in [9.17, 15) is 29.8 Å². The van der Waals surface area contributed by atoms with E-state index in [1.807, 2.05) is 0 Å². The summed E-state index contributed by atoms with van der Waals surface area (Å²) in [7, 11) is 0. The summed E-state index contributed by atoms with van der Waals surface area (Å²) in [5.74, 6) is -1.67. The summed E-state index contributed by atoms with van der Waals surface area (Å²) < 4.78 is 0. The first-order valence-electron chi connectivity index (χ1n) is 9.84. The number of amides is 2. The maximum atomic E-state index is 13.0.